The molecule has 0 aromatic carbocycles. The van der Waals surface area contributed by atoms with Crippen LogP contribution in [0.2, 0.25) is 0 Å². The normalized spacial score (nSPS) is 14.1. The van der Waals surface area contributed by atoms with Gasteiger partial charge in [-0.1, -0.05) is 156 Å². The summed E-state index contributed by atoms with van der Waals surface area (Å²) in [5.74, 6) is -1.08. The molecule has 0 aliphatic heterocycles. The minimum absolute atomic E-state index is 0.00169. The average Bonchev–Trinajstić information content (AvgIpc) is 3.15. The molecule has 312 valence electrons. The van der Waals surface area contributed by atoms with Crippen molar-refractivity contribution >= 4 is 19.8 Å². The molecule has 0 aromatic heterocycles. The van der Waals surface area contributed by atoms with Crippen LogP contribution >= 0.6 is 7.82 Å². The van der Waals surface area contributed by atoms with Crippen molar-refractivity contribution in [2.24, 2.45) is 0 Å². The number of ether oxygens (including phenoxy) is 2. The lowest BCUT2D eigenvalue weighted by molar-refractivity contribution is -0.161. The number of phosphoric ester groups is 1. The van der Waals surface area contributed by atoms with Crippen molar-refractivity contribution in [3.8, 4) is 0 Å². The monoisotopic (exact) mass is 788 g/mol. The summed E-state index contributed by atoms with van der Waals surface area (Å²) in [6.07, 6.45) is 50.1. The molecule has 9 nitrogen and oxygen atoms in total. The second-order valence-corrected chi connectivity index (χ2v) is 14.7. The molecule has 0 saturated carbocycles. The van der Waals surface area contributed by atoms with E-state index in [0.717, 1.165) is 57.8 Å². The van der Waals surface area contributed by atoms with Gasteiger partial charge in [0.1, 0.15) is 6.61 Å². The number of unbranched alkanes of at least 4 members (excludes halogenated alkanes) is 10. The van der Waals surface area contributed by atoms with E-state index in [2.05, 4.69) is 79.1 Å². The van der Waals surface area contributed by atoms with E-state index in [-0.39, 0.29) is 19.4 Å². The van der Waals surface area contributed by atoms with Crippen LogP contribution in [0, 0.1) is 0 Å². The van der Waals surface area contributed by atoms with Crippen molar-refractivity contribution in [1.82, 2.24) is 0 Å². The second kappa shape index (κ2) is 39.2. The Morgan fingerprint density at radius 1 is 0.582 bits per heavy atom. The summed E-state index contributed by atoms with van der Waals surface area (Å²) in [5, 5.41) is 10.1. The van der Waals surface area contributed by atoms with E-state index in [9.17, 15) is 19.3 Å². The first-order valence-electron chi connectivity index (χ1n) is 20.6. The van der Waals surface area contributed by atoms with Gasteiger partial charge in [-0.2, -0.15) is 0 Å². The van der Waals surface area contributed by atoms with Gasteiger partial charge in [-0.3, -0.25) is 14.1 Å². The Morgan fingerprint density at radius 2 is 1.13 bits per heavy atom. The Bertz CT molecular complexity index is 1220. The third kappa shape index (κ3) is 41.9. The van der Waals surface area contributed by atoms with Crippen molar-refractivity contribution in [1.29, 1.82) is 0 Å². The fourth-order valence-electron chi connectivity index (χ4n) is 5.10. The third-order valence-electron chi connectivity index (χ3n) is 8.18. The zero-order chi connectivity index (χ0) is 40.5. The summed E-state index contributed by atoms with van der Waals surface area (Å²) in [5.41, 5.74) is 0. The third-order valence-corrected chi connectivity index (χ3v) is 8.67. The maximum Gasteiger partial charge on any atom is 0.469 e. The van der Waals surface area contributed by atoms with Gasteiger partial charge in [0, 0.05) is 12.8 Å². The summed E-state index contributed by atoms with van der Waals surface area (Å²) in [7, 11) is -4.81. The first-order valence-corrected chi connectivity index (χ1v) is 22.2. The van der Waals surface area contributed by atoms with Crippen LogP contribution in [0.5, 0.6) is 0 Å². The number of allylic oxidation sites excluding steroid dienone is 14. The molecule has 0 aromatic rings. The lowest BCUT2D eigenvalue weighted by atomic mass is 10.1. The molecule has 55 heavy (non-hydrogen) atoms. The number of rotatable bonds is 36. The molecule has 0 amide bonds. The van der Waals surface area contributed by atoms with Gasteiger partial charge in [0.15, 0.2) is 6.10 Å². The molecule has 3 N–H and O–H groups in total. The molecule has 10 heteroatoms. The van der Waals surface area contributed by atoms with Gasteiger partial charge >= 0.3 is 19.8 Å². The largest absolute Gasteiger partial charge is 0.469 e. The van der Waals surface area contributed by atoms with E-state index in [1.54, 1.807) is 24.3 Å². The SMILES string of the molecule is CC/C=C\C/C=C\C/C=C\C/C=C\C=C/C(O)C/C=C\CCC(=O)O[C@H](COC(=O)CCCCCCCCC/C=C\C/C=C\CCCCC)COP(=O)(O)O. The molecule has 0 aliphatic rings. The minimum atomic E-state index is -4.81. The summed E-state index contributed by atoms with van der Waals surface area (Å²) >= 11 is 0. The highest BCUT2D eigenvalue weighted by Gasteiger charge is 2.22. The number of carbonyl (C=O) groups is 2. The van der Waals surface area contributed by atoms with E-state index in [4.69, 9.17) is 19.3 Å². The van der Waals surface area contributed by atoms with Gasteiger partial charge in [0.25, 0.3) is 0 Å². The first-order chi connectivity index (χ1) is 26.7. The Hall–Kier alpha value is -3.07. The van der Waals surface area contributed by atoms with Gasteiger partial charge in [0.05, 0.1) is 12.7 Å². The van der Waals surface area contributed by atoms with Crippen LogP contribution in [0.4, 0.5) is 0 Å². The Labute approximate surface area is 333 Å². The van der Waals surface area contributed by atoms with Gasteiger partial charge < -0.3 is 24.4 Å². The molecule has 0 bridgehead atoms. The topological polar surface area (TPSA) is 140 Å². The molecule has 1 unspecified atom stereocenters. The van der Waals surface area contributed by atoms with Crippen molar-refractivity contribution < 1.29 is 43.0 Å². The number of aliphatic hydroxyl groups is 1. The van der Waals surface area contributed by atoms with Gasteiger partial charge in [-0.15, -0.1) is 0 Å². The van der Waals surface area contributed by atoms with Crippen molar-refractivity contribution in [2.45, 2.75) is 161 Å². The van der Waals surface area contributed by atoms with Crippen LogP contribution in [0.15, 0.2) is 97.2 Å². The molecular formula is C45H73O9P. The van der Waals surface area contributed by atoms with E-state index in [0.29, 0.717) is 19.3 Å². The molecule has 2 atom stereocenters. The summed E-state index contributed by atoms with van der Waals surface area (Å²) in [6, 6.07) is 0. The molecule has 0 radical (unpaired) electrons. The van der Waals surface area contributed by atoms with Gasteiger partial charge in [0.2, 0.25) is 0 Å². The molecule has 0 aliphatic carbocycles. The molecule has 0 heterocycles. The number of aliphatic hydroxyl groups excluding tert-OH is 1. The average molecular weight is 789 g/mol. The first kappa shape index (κ1) is 51.9. The zero-order valence-electron chi connectivity index (χ0n) is 33.9. The Balaban J connectivity index is 4.19. The Morgan fingerprint density at radius 3 is 1.75 bits per heavy atom. The van der Waals surface area contributed by atoms with Crippen molar-refractivity contribution in [3.63, 3.8) is 0 Å². The fraction of sp³-hybridized carbons (Fsp3) is 0.600. The van der Waals surface area contributed by atoms with Crippen molar-refractivity contribution in [2.75, 3.05) is 13.2 Å². The van der Waals surface area contributed by atoms with Gasteiger partial charge in [-0.25, -0.2) is 4.57 Å². The fourth-order valence-corrected chi connectivity index (χ4v) is 5.46. The quantitative estimate of drug-likeness (QED) is 0.0186. The van der Waals surface area contributed by atoms with E-state index < -0.39 is 38.6 Å². The van der Waals surface area contributed by atoms with E-state index >= 15 is 0 Å². The van der Waals surface area contributed by atoms with Crippen LogP contribution < -0.4 is 0 Å². The highest BCUT2D eigenvalue weighted by Crippen LogP contribution is 2.36. The minimum Gasteiger partial charge on any atom is -0.462 e. The smallest absolute Gasteiger partial charge is 0.462 e. The summed E-state index contributed by atoms with van der Waals surface area (Å²) in [4.78, 5) is 42.8. The lowest BCUT2D eigenvalue weighted by Gasteiger charge is -2.18. The highest BCUT2D eigenvalue weighted by molar-refractivity contribution is 7.46. The summed E-state index contributed by atoms with van der Waals surface area (Å²) in [6.45, 7) is 3.38. The predicted octanol–water partition coefficient (Wildman–Crippen LogP) is 11.6. The van der Waals surface area contributed by atoms with Crippen LogP contribution in [0.25, 0.3) is 0 Å². The number of phosphoric acid groups is 1. The van der Waals surface area contributed by atoms with E-state index in [1.807, 2.05) is 12.2 Å². The number of hydrogen-bond donors (Lipinski definition) is 3. The number of esters is 2. The molecule has 0 fully saturated rings. The van der Waals surface area contributed by atoms with E-state index in [1.165, 1.54) is 44.9 Å². The lowest BCUT2D eigenvalue weighted by Crippen LogP contribution is -2.29. The molecular weight excluding hydrogens is 715 g/mol. The van der Waals surface area contributed by atoms with Gasteiger partial charge in [-0.05, 0) is 77.0 Å². The highest BCUT2D eigenvalue weighted by atomic mass is 31.2. The van der Waals surface area contributed by atoms with Crippen LogP contribution in [0.3, 0.4) is 0 Å². The van der Waals surface area contributed by atoms with Crippen LogP contribution in [0.1, 0.15) is 149 Å². The number of carbonyl (C=O) groups excluding carboxylic acids is 2. The molecule has 0 spiro atoms. The van der Waals surface area contributed by atoms with Crippen LogP contribution in [-0.2, 0) is 28.2 Å². The maximum absolute atomic E-state index is 12.4. The number of hydrogen-bond acceptors (Lipinski definition) is 7. The Kier molecular flexibility index (Phi) is 37.0. The van der Waals surface area contributed by atoms with Crippen molar-refractivity contribution in [3.05, 3.63) is 97.2 Å². The van der Waals surface area contributed by atoms with Crippen LogP contribution in [-0.4, -0.2) is 52.3 Å². The molecule has 0 saturated heterocycles. The second-order valence-electron chi connectivity index (χ2n) is 13.4. The zero-order valence-corrected chi connectivity index (χ0v) is 34.8. The molecule has 0 rings (SSSR count). The standard InChI is InChI=1S/C45H73O9P/c1-3-5-7-9-11-13-15-17-18-19-20-22-24-26-28-30-34-38-44(47)52-40-43(41-53-55(49,50)51)54-45(48)39-35-31-33-37-42(46)36-32-29-27-25-23-21-16-14-12-10-8-6-4-2/h6,8,11-14,17-18,21,23,27,29,31-33,36,42-43,46H,3-5,7,9-10,15-16,19-20,22,24-26,28,30,34-35,37-41H2,1-2H3,(H2,49,50,51)/b8-6-,13-11-,14-12-,18-17-,23-21-,29-27-,33-31-,36-32-/t42?,43-/m1/s1. The summed E-state index contributed by atoms with van der Waals surface area (Å²) < 4.78 is 26.2. The predicted molar refractivity (Wildman–Crippen MR) is 226 cm³/mol. The maximum atomic E-state index is 12.4.